The summed E-state index contributed by atoms with van der Waals surface area (Å²) < 4.78 is 22.2. The molecule has 0 bridgehead atoms. The second-order valence-corrected chi connectivity index (χ2v) is 17.9. The molecule has 4 aromatic rings. The fourth-order valence-corrected chi connectivity index (χ4v) is 9.96. The molecular weight excluding hydrogens is 752 g/mol. The number of piperazine rings is 2. The van der Waals surface area contributed by atoms with Crippen molar-refractivity contribution in [2.45, 2.75) is 76.5 Å². The van der Waals surface area contributed by atoms with Crippen LogP contribution in [0.5, 0.6) is 5.75 Å². The third-order valence-corrected chi connectivity index (χ3v) is 13.8. The van der Waals surface area contributed by atoms with E-state index in [2.05, 4.69) is 64.1 Å². The van der Waals surface area contributed by atoms with Crippen LogP contribution in [0.25, 0.3) is 22.3 Å². The van der Waals surface area contributed by atoms with Gasteiger partial charge in [-0.1, -0.05) is 0 Å². The lowest BCUT2D eigenvalue weighted by atomic mass is 9.81. The minimum Gasteiger partial charge on any atom is -0.488 e. The van der Waals surface area contributed by atoms with Crippen molar-refractivity contribution >= 4 is 40.1 Å². The third-order valence-electron chi connectivity index (χ3n) is 13.8. The van der Waals surface area contributed by atoms with E-state index in [0.717, 1.165) is 118 Å². The number of ether oxygens (including phenoxy) is 1. The van der Waals surface area contributed by atoms with Gasteiger partial charge < -0.3 is 19.4 Å². The summed E-state index contributed by atoms with van der Waals surface area (Å²) in [5, 5.41) is 11.1. The number of hydrogen-bond acceptors (Lipinski definition) is 11. The number of carbonyl (C=O) groups excluding carboxylic acids is 3. The number of benzene rings is 2. The summed E-state index contributed by atoms with van der Waals surface area (Å²) in [7, 11) is 0. The number of piperidine rings is 1. The largest absolute Gasteiger partial charge is 0.488 e. The Morgan fingerprint density at radius 1 is 0.831 bits per heavy atom. The Morgan fingerprint density at radius 3 is 2.20 bits per heavy atom. The molecule has 3 saturated heterocycles. The molecule has 15 heteroatoms. The van der Waals surface area contributed by atoms with Crippen molar-refractivity contribution in [3.05, 3.63) is 59.7 Å². The predicted molar refractivity (Wildman–Crippen MR) is 221 cm³/mol. The molecule has 4 aliphatic heterocycles. The molecule has 5 fully saturated rings. The smallest absolute Gasteiger partial charge is 0.255 e. The number of nitrogens with zero attached hydrogens (tertiary/aromatic N) is 8. The Labute approximate surface area is 343 Å². The fraction of sp³-hybridized carbons (Fsp3) is 0.545. The van der Waals surface area contributed by atoms with Crippen LogP contribution in [0.4, 0.5) is 15.9 Å². The van der Waals surface area contributed by atoms with Crippen LogP contribution in [-0.4, -0.2) is 130 Å². The summed E-state index contributed by atoms with van der Waals surface area (Å²) in [6.07, 6.45) is 9.29. The summed E-state index contributed by atoms with van der Waals surface area (Å²) in [4.78, 5) is 57.5. The number of amides is 3. The monoisotopic (exact) mass is 804 g/mol. The van der Waals surface area contributed by atoms with Gasteiger partial charge in [0.2, 0.25) is 11.8 Å². The summed E-state index contributed by atoms with van der Waals surface area (Å²) in [6.45, 7) is 11.6. The highest BCUT2D eigenvalue weighted by Gasteiger charge is 2.42. The molecule has 310 valence electrons. The quantitative estimate of drug-likeness (QED) is 0.217. The Kier molecular flexibility index (Phi) is 9.98. The SMILES string of the molecule is CC1(Oc2ccc3[nH]nc(-c4cc(N5CCN(CC6CCC(CN7CCN(c8ccc9c(c8F)CN(C8CCC(=O)NC8=O)C9=O)CC7)CC6)CC5)ncn4)c3c2)CC1. The molecule has 0 radical (unpaired) electrons. The van der Waals surface area contributed by atoms with Crippen LogP contribution < -0.4 is 19.9 Å². The maximum Gasteiger partial charge on any atom is 0.255 e. The predicted octanol–water partition coefficient (Wildman–Crippen LogP) is 4.60. The molecule has 6 aliphatic rings. The number of aromatic nitrogens is 4. The van der Waals surface area contributed by atoms with Crippen LogP contribution >= 0.6 is 0 Å². The van der Waals surface area contributed by atoms with E-state index in [1.54, 1.807) is 18.5 Å². The number of halogens is 1. The van der Waals surface area contributed by atoms with Gasteiger partial charge in [0.25, 0.3) is 5.91 Å². The van der Waals surface area contributed by atoms with Gasteiger partial charge in [-0.2, -0.15) is 5.10 Å². The minimum atomic E-state index is -0.753. The van der Waals surface area contributed by atoms with Gasteiger partial charge in [0.05, 0.1) is 23.4 Å². The zero-order valence-electron chi connectivity index (χ0n) is 33.8. The van der Waals surface area contributed by atoms with E-state index in [0.29, 0.717) is 22.7 Å². The molecule has 1 atom stereocenters. The van der Waals surface area contributed by atoms with Crippen molar-refractivity contribution in [1.29, 1.82) is 0 Å². The van der Waals surface area contributed by atoms with Crippen LogP contribution in [0.2, 0.25) is 0 Å². The molecule has 10 rings (SSSR count). The van der Waals surface area contributed by atoms with Gasteiger partial charge in [-0.3, -0.25) is 34.6 Å². The van der Waals surface area contributed by atoms with E-state index in [9.17, 15) is 14.4 Å². The molecule has 2 saturated carbocycles. The van der Waals surface area contributed by atoms with Gasteiger partial charge in [0.15, 0.2) is 5.82 Å². The second kappa shape index (κ2) is 15.5. The first-order valence-electron chi connectivity index (χ1n) is 21.6. The number of hydrogen-bond donors (Lipinski definition) is 2. The molecule has 2 aliphatic carbocycles. The molecule has 2 aromatic carbocycles. The molecule has 1 unspecified atom stereocenters. The minimum absolute atomic E-state index is 0.0444. The number of carbonyl (C=O) groups is 3. The average molecular weight is 805 g/mol. The number of imide groups is 1. The normalized spacial score (nSPS) is 25.1. The highest BCUT2D eigenvalue weighted by molar-refractivity contribution is 6.05. The van der Waals surface area contributed by atoms with E-state index in [4.69, 9.17) is 4.74 Å². The molecule has 2 N–H and O–H groups in total. The third kappa shape index (κ3) is 7.74. The molecule has 3 amide bonds. The Balaban J connectivity index is 0.667. The maximum atomic E-state index is 15.9. The highest BCUT2D eigenvalue weighted by atomic mass is 19.1. The molecule has 59 heavy (non-hydrogen) atoms. The topological polar surface area (TPSA) is 143 Å². The summed E-state index contributed by atoms with van der Waals surface area (Å²) >= 11 is 0. The lowest BCUT2D eigenvalue weighted by Crippen LogP contribution is -2.52. The Morgan fingerprint density at radius 2 is 1.53 bits per heavy atom. The zero-order chi connectivity index (χ0) is 40.3. The lowest BCUT2D eigenvalue weighted by molar-refractivity contribution is -0.136. The average Bonchev–Trinajstić information content (AvgIpc) is 3.66. The number of H-pyrrole nitrogens is 1. The van der Waals surface area contributed by atoms with Gasteiger partial charge in [0.1, 0.15) is 35.2 Å². The first-order chi connectivity index (χ1) is 28.7. The molecule has 2 aromatic heterocycles. The number of aromatic amines is 1. The number of nitrogens with one attached hydrogen (secondary N) is 2. The molecular formula is C44H53FN10O4. The number of fused-ring (bicyclic) bond motifs is 2. The Bertz CT molecular complexity index is 2250. The lowest BCUT2D eigenvalue weighted by Gasteiger charge is -2.40. The van der Waals surface area contributed by atoms with E-state index in [1.165, 1.54) is 30.6 Å². The number of rotatable bonds is 10. The Hall–Kier alpha value is -5.15. The maximum absolute atomic E-state index is 15.9. The van der Waals surface area contributed by atoms with Crippen molar-refractivity contribution in [3.63, 3.8) is 0 Å². The van der Waals surface area contributed by atoms with Crippen molar-refractivity contribution in [2.24, 2.45) is 11.8 Å². The van der Waals surface area contributed by atoms with Crippen molar-refractivity contribution in [3.8, 4) is 17.1 Å². The first kappa shape index (κ1) is 38.1. The van der Waals surface area contributed by atoms with Crippen LogP contribution in [0.3, 0.4) is 0 Å². The van der Waals surface area contributed by atoms with Crippen LogP contribution in [0.15, 0.2) is 42.7 Å². The van der Waals surface area contributed by atoms with Crippen LogP contribution in [0, 0.1) is 17.7 Å². The summed E-state index contributed by atoms with van der Waals surface area (Å²) in [5.74, 6) is 1.68. The van der Waals surface area contributed by atoms with Crippen LogP contribution in [-0.2, 0) is 16.1 Å². The van der Waals surface area contributed by atoms with Gasteiger partial charge in [0, 0.05) is 94.4 Å². The first-order valence-corrected chi connectivity index (χ1v) is 21.6. The van der Waals surface area contributed by atoms with E-state index in [-0.39, 0.29) is 42.6 Å². The summed E-state index contributed by atoms with van der Waals surface area (Å²) in [5.41, 5.74) is 3.73. The van der Waals surface area contributed by atoms with Crippen molar-refractivity contribution in [2.75, 3.05) is 75.2 Å². The zero-order valence-corrected chi connectivity index (χ0v) is 33.8. The van der Waals surface area contributed by atoms with Gasteiger partial charge in [-0.15, -0.1) is 0 Å². The standard InChI is InChI=1S/C44H53FN10O4/c1-44(12-13-44)59-30-6-8-34-32(22-30)41(50-49-34)35-23-38(47-27-46-35)54-20-16-52(17-21-54)25-29-4-2-28(3-5-29)24-51-14-18-53(19-15-51)36-9-7-31-33(40(36)45)26-55(43(31)58)37-10-11-39(56)48-42(37)57/h6-9,22-23,27-29,37H,2-5,10-21,24-26H2,1H3,(H,49,50)(H,48,56,57). The van der Waals surface area contributed by atoms with E-state index in [1.807, 2.05) is 12.1 Å². The van der Waals surface area contributed by atoms with E-state index < -0.39 is 11.9 Å². The molecule has 14 nitrogen and oxygen atoms in total. The van der Waals surface area contributed by atoms with Gasteiger partial charge in [-0.25, -0.2) is 14.4 Å². The van der Waals surface area contributed by atoms with Crippen molar-refractivity contribution < 1.29 is 23.5 Å². The van der Waals surface area contributed by atoms with E-state index >= 15 is 4.39 Å². The second-order valence-electron chi connectivity index (χ2n) is 17.9. The summed E-state index contributed by atoms with van der Waals surface area (Å²) in [6, 6.07) is 10.8. The molecule has 0 spiro atoms. The molecule has 6 heterocycles. The fourth-order valence-electron chi connectivity index (χ4n) is 9.96. The van der Waals surface area contributed by atoms with Gasteiger partial charge >= 0.3 is 0 Å². The number of anilines is 2. The highest BCUT2D eigenvalue weighted by Crippen LogP contribution is 2.41. The van der Waals surface area contributed by atoms with Crippen LogP contribution in [0.1, 0.15) is 74.2 Å². The van der Waals surface area contributed by atoms with Gasteiger partial charge in [-0.05, 0) is 94.0 Å². The van der Waals surface area contributed by atoms with Crippen molar-refractivity contribution in [1.82, 2.24) is 40.2 Å².